The van der Waals surface area contributed by atoms with Gasteiger partial charge in [0.1, 0.15) is 0 Å². The van der Waals surface area contributed by atoms with Gasteiger partial charge in [0.2, 0.25) is 0 Å². The van der Waals surface area contributed by atoms with E-state index in [1.54, 1.807) is 6.92 Å². The van der Waals surface area contributed by atoms with Gasteiger partial charge in [-0.1, -0.05) is 19.3 Å². The van der Waals surface area contributed by atoms with Crippen molar-refractivity contribution >= 4 is 5.97 Å². The summed E-state index contributed by atoms with van der Waals surface area (Å²) in [6, 6.07) is -0.0400. The Morgan fingerprint density at radius 2 is 2.25 bits per heavy atom. The lowest BCUT2D eigenvalue weighted by Gasteiger charge is -2.15. The fourth-order valence-electron chi connectivity index (χ4n) is 1.30. The predicted molar refractivity (Wildman–Crippen MR) is 62.8 cm³/mol. The third-order valence-corrected chi connectivity index (χ3v) is 2.09. The lowest BCUT2D eigenvalue weighted by molar-refractivity contribution is -0.145. The van der Waals surface area contributed by atoms with Crippen LogP contribution in [0.4, 0.5) is 0 Å². The Morgan fingerprint density at radius 3 is 2.75 bits per heavy atom. The summed E-state index contributed by atoms with van der Waals surface area (Å²) in [4.78, 5) is 11.0. The number of carbonyl (C=O) groups is 1. The molecule has 0 rings (SSSR count). The summed E-state index contributed by atoms with van der Waals surface area (Å²) in [6.45, 7) is 4.43. The van der Waals surface area contributed by atoms with Crippen LogP contribution < -0.4 is 5.32 Å². The lowest BCUT2D eigenvalue weighted by Crippen LogP contribution is -2.35. The highest BCUT2D eigenvalue weighted by Crippen LogP contribution is 1.98. The molecule has 16 heavy (non-hydrogen) atoms. The van der Waals surface area contributed by atoms with Crippen molar-refractivity contribution < 1.29 is 14.6 Å². The minimum absolute atomic E-state index is 0.00422. The summed E-state index contributed by atoms with van der Waals surface area (Å²) in [7, 11) is 0. The molecule has 0 aromatic rings. The smallest absolute Gasteiger partial charge is 0.308 e. The van der Waals surface area contributed by atoms with Gasteiger partial charge in [-0.05, 0) is 13.3 Å². The number of aliphatic hydroxyl groups excluding tert-OH is 1. The van der Waals surface area contributed by atoms with E-state index in [2.05, 4.69) is 11.2 Å². The van der Waals surface area contributed by atoms with Crippen molar-refractivity contribution in [2.45, 2.75) is 45.3 Å². The minimum atomic E-state index is -0.744. The fourth-order valence-corrected chi connectivity index (χ4v) is 1.30. The van der Waals surface area contributed by atoms with Crippen molar-refractivity contribution in [1.29, 1.82) is 0 Å². The molecule has 2 unspecified atom stereocenters. The normalized spacial score (nSPS) is 13.9. The van der Waals surface area contributed by atoms with Crippen LogP contribution in [0, 0.1) is 12.3 Å². The van der Waals surface area contributed by atoms with Crippen LogP contribution in [0.1, 0.15) is 33.1 Å². The molecule has 0 fully saturated rings. The topological polar surface area (TPSA) is 58.6 Å². The van der Waals surface area contributed by atoms with Gasteiger partial charge in [-0.2, -0.15) is 0 Å². The van der Waals surface area contributed by atoms with E-state index in [1.165, 1.54) is 0 Å². The Bertz CT molecular complexity index is 235. The Labute approximate surface area is 97.4 Å². The maximum Gasteiger partial charge on any atom is 0.308 e. The molecular weight excluding hydrogens is 206 g/mol. The molecule has 0 saturated carbocycles. The Balaban J connectivity index is 3.75. The van der Waals surface area contributed by atoms with E-state index in [0.717, 1.165) is 12.8 Å². The van der Waals surface area contributed by atoms with E-state index in [-0.39, 0.29) is 18.4 Å². The molecule has 0 radical (unpaired) electrons. The predicted octanol–water partition coefficient (Wildman–Crippen LogP) is 0.692. The monoisotopic (exact) mass is 227 g/mol. The number of rotatable bonds is 8. The first kappa shape index (κ1) is 14.9. The number of nitrogens with one attached hydrogen (secondary N) is 1. The van der Waals surface area contributed by atoms with Crippen LogP contribution >= 0.6 is 0 Å². The molecule has 2 atom stereocenters. The molecular formula is C12H21NO3. The maximum atomic E-state index is 11.0. The van der Waals surface area contributed by atoms with Crippen molar-refractivity contribution in [3.05, 3.63) is 0 Å². The Hall–Kier alpha value is -1.05. The maximum absolute atomic E-state index is 11.0. The Kier molecular flexibility index (Phi) is 8.59. The second kappa shape index (κ2) is 9.20. The first-order valence-corrected chi connectivity index (χ1v) is 5.67. The summed E-state index contributed by atoms with van der Waals surface area (Å²) in [5.74, 6) is 2.21. The summed E-state index contributed by atoms with van der Waals surface area (Å²) in [5.41, 5.74) is 0. The molecule has 0 aromatic heterocycles. The van der Waals surface area contributed by atoms with Gasteiger partial charge in [0.25, 0.3) is 0 Å². The quantitative estimate of drug-likeness (QED) is 0.473. The number of hydrogen-bond acceptors (Lipinski definition) is 4. The van der Waals surface area contributed by atoms with Crippen LogP contribution in [0.5, 0.6) is 0 Å². The van der Waals surface area contributed by atoms with E-state index in [0.29, 0.717) is 13.2 Å². The number of esters is 1. The zero-order valence-electron chi connectivity index (χ0n) is 10.0. The van der Waals surface area contributed by atoms with Gasteiger partial charge in [-0.25, -0.2) is 0 Å². The van der Waals surface area contributed by atoms with Gasteiger partial charge >= 0.3 is 5.97 Å². The van der Waals surface area contributed by atoms with Crippen LogP contribution in [-0.4, -0.2) is 36.4 Å². The Morgan fingerprint density at radius 1 is 1.56 bits per heavy atom. The van der Waals surface area contributed by atoms with Crippen LogP contribution in [0.25, 0.3) is 0 Å². The van der Waals surface area contributed by atoms with Crippen molar-refractivity contribution in [1.82, 2.24) is 5.32 Å². The molecule has 0 heterocycles. The largest absolute Gasteiger partial charge is 0.466 e. The van der Waals surface area contributed by atoms with Crippen LogP contribution in [0.3, 0.4) is 0 Å². The first-order valence-electron chi connectivity index (χ1n) is 5.67. The number of carbonyl (C=O) groups excluding carboxylic acids is 1. The number of hydrogen-bond donors (Lipinski definition) is 2. The van der Waals surface area contributed by atoms with Gasteiger partial charge in [0, 0.05) is 6.54 Å². The summed E-state index contributed by atoms with van der Waals surface area (Å²) in [6.07, 6.45) is 6.41. The van der Waals surface area contributed by atoms with E-state index in [9.17, 15) is 9.90 Å². The zero-order valence-corrected chi connectivity index (χ0v) is 10.0. The highest BCUT2D eigenvalue weighted by atomic mass is 16.5. The summed E-state index contributed by atoms with van der Waals surface area (Å²) in [5, 5.41) is 12.6. The molecule has 92 valence electrons. The van der Waals surface area contributed by atoms with E-state index < -0.39 is 6.10 Å². The van der Waals surface area contributed by atoms with Gasteiger partial charge < -0.3 is 15.2 Å². The molecule has 0 aliphatic rings. The standard InChI is InChI=1S/C12H21NO3/c1-4-7-10(5-2)13-9-11(14)8-12(15)16-6-3/h2,10-11,13-14H,4,6-9H2,1,3H3. The summed E-state index contributed by atoms with van der Waals surface area (Å²) >= 11 is 0. The summed E-state index contributed by atoms with van der Waals surface area (Å²) < 4.78 is 4.73. The zero-order chi connectivity index (χ0) is 12.4. The average molecular weight is 227 g/mol. The van der Waals surface area contributed by atoms with Crippen molar-refractivity contribution in [2.75, 3.05) is 13.2 Å². The second-order valence-electron chi connectivity index (χ2n) is 3.58. The molecule has 0 bridgehead atoms. The minimum Gasteiger partial charge on any atom is -0.466 e. The average Bonchev–Trinajstić information content (AvgIpc) is 2.24. The molecule has 2 N–H and O–H groups in total. The second-order valence-corrected chi connectivity index (χ2v) is 3.58. The molecule has 0 spiro atoms. The molecule has 0 amide bonds. The van der Waals surface area contributed by atoms with E-state index >= 15 is 0 Å². The van der Waals surface area contributed by atoms with Gasteiger partial charge in [0.15, 0.2) is 0 Å². The van der Waals surface area contributed by atoms with Crippen LogP contribution in [0.2, 0.25) is 0 Å². The SMILES string of the molecule is C#CC(CCC)NCC(O)CC(=O)OCC. The third kappa shape index (κ3) is 7.27. The number of aliphatic hydroxyl groups is 1. The van der Waals surface area contributed by atoms with Crippen molar-refractivity contribution in [3.63, 3.8) is 0 Å². The molecule has 0 saturated heterocycles. The molecule has 4 nitrogen and oxygen atoms in total. The fraction of sp³-hybridized carbons (Fsp3) is 0.750. The number of ether oxygens (including phenoxy) is 1. The molecule has 0 aliphatic heterocycles. The van der Waals surface area contributed by atoms with Gasteiger partial charge in [0.05, 0.1) is 25.2 Å². The van der Waals surface area contributed by atoms with E-state index in [4.69, 9.17) is 11.2 Å². The molecule has 0 aromatic carbocycles. The van der Waals surface area contributed by atoms with Crippen LogP contribution in [0.15, 0.2) is 0 Å². The molecule has 4 heteroatoms. The van der Waals surface area contributed by atoms with E-state index in [1.807, 2.05) is 6.92 Å². The first-order chi connectivity index (χ1) is 7.63. The number of terminal acetylenes is 1. The van der Waals surface area contributed by atoms with Crippen LogP contribution in [-0.2, 0) is 9.53 Å². The van der Waals surface area contributed by atoms with Crippen molar-refractivity contribution in [3.8, 4) is 12.3 Å². The lowest BCUT2D eigenvalue weighted by atomic mass is 10.1. The van der Waals surface area contributed by atoms with Gasteiger partial charge in [-0.3, -0.25) is 4.79 Å². The van der Waals surface area contributed by atoms with Gasteiger partial charge in [-0.15, -0.1) is 6.42 Å². The highest BCUT2D eigenvalue weighted by molar-refractivity contribution is 5.69. The highest BCUT2D eigenvalue weighted by Gasteiger charge is 2.12. The third-order valence-electron chi connectivity index (χ3n) is 2.09. The van der Waals surface area contributed by atoms with Crippen molar-refractivity contribution in [2.24, 2.45) is 0 Å². The molecule has 0 aliphatic carbocycles.